The van der Waals surface area contributed by atoms with Crippen molar-refractivity contribution in [3.8, 4) is 0 Å². The van der Waals surface area contributed by atoms with Gasteiger partial charge >= 0.3 is 16.2 Å². The number of hydrogen-bond donors (Lipinski definition) is 3. The molecular weight excluding hydrogens is 370 g/mol. The van der Waals surface area contributed by atoms with Crippen LogP contribution in [0.5, 0.6) is 0 Å². The first-order valence-electron chi connectivity index (χ1n) is 8.13. The van der Waals surface area contributed by atoms with E-state index in [1.807, 2.05) is 35.1 Å². The summed E-state index contributed by atoms with van der Waals surface area (Å²) in [6.07, 6.45) is 1.32. The van der Waals surface area contributed by atoms with E-state index in [0.717, 1.165) is 21.6 Å². The summed E-state index contributed by atoms with van der Waals surface area (Å²) >= 11 is 0. The molecule has 0 aliphatic carbocycles. The molecule has 1 aliphatic rings. The third-order valence-electron chi connectivity index (χ3n) is 3.91. The monoisotopic (exact) mass is 389 g/mol. The van der Waals surface area contributed by atoms with Crippen LogP contribution in [0.1, 0.15) is 11.1 Å². The summed E-state index contributed by atoms with van der Waals surface area (Å²) in [6, 6.07) is 14.9. The first-order chi connectivity index (χ1) is 12.8. The van der Waals surface area contributed by atoms with Crippen molar-refractivity contribution < 1.29 is 23.1 Å². The van der Waals surface area contributed by atoms with Crippen molar-refractivity contribution in [1.29, 1.82) is 0 Å². The average molecular weight is 389 g/mol. The number of nitrogens with one attached hydrogen (secondary N) is 1. The third kappa shape index (κ3) is 4.57. The van der Waals surface area contributed by atoms with Crippen LogP contribution >= 0.6 is 0 Å². The predicted molar refractivity (Wildman–Crippen MR) is 99.6 cm³/mol. The van der Waals surface area contributed by atoms with E-state index in [2.05, 4.69) is 0 Å². The molecule has 0 saturated heterocycles. The lowest BCUT2D eigenvalue weighted by atomic mass is 10.1. The molecule has 0 bridgehead atoms. The van der Waals surface area contributed by atoms with E-state index < -0.39 is 28.1 Å². The van der Waals surface area contributed by atoms with Gasteiger partial charge in [-0.25, -0.2) is 9.03 Å². The maximum atomic E-state index is 12.0. The summed E-state index contributed by atoms with van der Waals surface area (Å²) in [4.78, 5) is 12.0. The lowest BCUT2D eigenvalue weighted by Crippen LogP contribution is -2.34. The molecule has 8 nitrogen and oxygen atoms in total. The van der Waals surface area contributed by atoms with E-state index in [-0.39, 0.29) is 13.0 Å². The van der Waals surface area contributed by atoms with Gasteiger partial charge in [0.25, 0.3) is 0 Å². The highest BCUT2D eigenvalue weighted by atomic mass is 32.2. The summed E-state index contributed by atoms with van der Waals surface area (Å²) in [7, 11) is -3.83. The molecule has 1 atom stereocenters. The number of esters is 1. The summed E-state index contributed by atoms with van der Waals surface area (Å²) in [5.41, 5.74) is 7.87. The summed E-state index contributed by atoms with van der Waals surface area (Å²) in [5.74, 6) is -0.968. The molecule has 0 amide bonds. The molecular formula is C18H19N3O5S. The van der Waals surface area contributed by atoms with Gasteiger partial charge in [-0.2, -0.15) is 8.42 Å². The SMILES string of the molecule is NC(Cc1ccc(N2C=C(O)NS2(=O)=O)cc1)C(=O)OCc1ccccc1. The molecule has 9 heteroatoms. The number of ether oxygens (including phenoxy) is 1. The van der Waals surface area contributed by atoms with Crippen LogP contribution in [0.15, 0.2) is 66.7 Å². The Kier molecular flexibility index (Phi) is 5.33. The molecule has 2 aromatic rings. The van der Waals surface area contributed by atoms with E-state index in [1.54, 1.807) is 24.3 Å². The fraction of sp³-hybridized carbons (Fsp3) is 0.167. The molecule has 1 heterocycles. The van der Waals surface area contributed by atoms with E-state index >= 15 is 0 Å². The van der Waals surface area contributed by atoms with Gasteiger partial charge in [-0.1, -0.05) is 42.5 Å². The lowest BCUT2D eigenvalue weighted by molar-refractivity contribution is -0.146. The Labute approximate surface area is 157 Å². The molecule has 1 aliphatic heterocycles. The lowest BCUT2D eigenvalue weighted by Gasteiger charge is -2.15. The summed E-state index contributed by atoms with van der Waals surface area (Å²) in [5, 5.41) is 9.33. The van der Waals surface area contributed by atoms with Crippen molar-refractivity contribution in [1.82, 2.24) is 4.72 Å². The molecule has 0 aromatic heterocycles. The second-order valence-electron chi connectivity index (χ2n) is 5.99. The van der Waals surface area contributed by atoms with Crippen molar-refractivity contribution in [3.63, 3.8) is 0 Å². The van der Waals surface area contributed by atoms with Gasteiger partial charge in [0.1, 0.15) is 12.6 Å². The van der Waals surface area contributed by atoms with Crippen molar-refractivity contribution in [3.05, 3.63) is 77.8 Å². The highest BCUT2D eigenvalue weighted by molar-refractivity contribution is 7.91. The number of hydrogen-bond acceptors (Lipinski definition) is 6. The molecule has 27 heavy (non-hydrogen) atoms. The van der Waals surface area contributed by atoms with Crippen molar-refractivity contribution >= 4 is 21.9 Å². The Morgan fingerprint density at radius 3 is 2.37 bits per heavy atom. The predicted octanol–water partition coefficient (Wildman–Crippen LogP) is 1.31. The van der Waals surface area contributed by atoms with Crippen LogP contribution < -0.4 is 14.8 Å². The number of rotatable bonds is 6. The summed E-state index contributed by atoms with van der Waals surface area (Å²) < 4.78 is 31.8. The first-order valence-corrected chi connectivity index (χ1v) is 9.57. The van der Waals surface area contributed by atoms with Gasteiger partial charge in [0.2, 0.25) is 5.88 Å². The van der Waals surface area contributed by atoms with Gasteiger partial charge in [0.05, 0.1) is 11.9 Å². The van der Waals surface area contributed by atoms with E-state index in [4.69, 9.17) is 10.5 Å². The number of benzene rings is 2. The number of carbonyl (C=O) groups is 1. The van der Waals surface area contributed by atoms with Crippen molar-refractivity contribution in [2.75, 3.05) is 4.31 Å². The quantitative estimate of drug-likeness (QED) is 0.641. The van der Waals surface area contributed by atoms with Crippen LogP contribution in [-0.2, 0) is 32.8 Å². The van der Waals surface area contributed by atoms with E-state index in [0.29, 0.717) is 5.69 Å². The smallest absolute Gasteiger partial charge is 0.330 e. The van der Waals surface area contributed by atoms with Crippen LogP contribution in [-0.4, -0.2) is 25.5 Å². The third-order valence-corrected chi connectivity index (χ3v) is 5.21. The zero-order valence-corrected chi connectivity index (χ0v) is 15.1. The molecule has 4 N–H and O–H groups in total. The number of aliphatic hydroxyl groups is 1. The Balaban J connectivity index is 1.58. The number of nitrogens with two attached hydrogens (primary N) is 1. The molecule has 142 valence electrons. The zero-order valence-electron chi connectivity index (χ0n) is 14.3. The fourth-order valence-electron chi connectivity index (χ4n) is 2.55. The highest BCUT2D eigenvalue weighted by Gasteiger charge is 2.28. The Bertz CT molecular complexity index is 943. The van der Waals surface area contributed by atoms with Gasteiger partial charge in [-0.05, 0) is 29.7 Å². The Morgan fingerprint density at radius 2 is 1.78 bits per heavy atom. The maximum Gasteiger partial charge on any atom is 0.330 e. The highest BCUT2D eigenvalue weighted by Crippen LogP contribution is 2.23. The second-order valence-corrected chi connectivity index (χ2v) is 7.54. The Morgan fingerprint density at radius 1 is 1.11 bits per heavy atom. The largest absolute Gasteiger partial charge is 0.493 e. The van der Waals surface area contributed by atoms with Gasteiger partial charge in [0.15, 0.2) is 0 Å². The van der Waals surface area contributed by atoms with Crippen molar-refractivity contribution in [2.24, 2.45) is 5.73 Å². The van der Waals surface area contributed by atoms with E-state index in [1.165, 1.54) is 0 Å². The van der Waals surface area contributed by atoms with Crippen LogP contribution in [0.25, 0.3) is 0 Å². The number of anilines is 1. The number of carbonyl (C=O) groups excluding carboxylic acids is 1. The molecule has 0 saturated carbocycles. The molecule has 2 aromatic carbocycles. The minimum atomic E-state index is -3.83. The number of aliphatic hydroxyl groups excluding tert-OH is 1. The van der Waals surface area contributed by atoms with Crippen molar-refractivity contribution in [2.45, 2.75) is 19.1 Å². The molecule has 0 spiro atoms. The topological polar surface area (TPSA) is 122 Å². The maximum absolute atomic E-state index is 12.0. The first kappa shape index (κ1) is 18.7. The van der Waals surface area contributed by atoms with Gasteiger partial charge in [-0.3, -0.25) is 4.79 Å². The molecule has 3 rings (SSSR count). The normalized spacial score (nSPS) is 16.3. The van der Waals surface area contributed by atoms with Gasteiger partial charge in [-0.15, -0.1) is 0 Å². The van der Waals surface area contributed by atoms with Crippen LogP contribution in [0.2, 0.25) is 0 Å². The zero-order chi connectivity index (χ0) is 19.4. The standard InChI is InChI=1S/C18H19N3O5S/c19-16(18(23)26-12-14-4-2-1-3-5-14)10-13-6-8-15(9-7-13)21-11-17(22)20-27(21,24)25/h1-9,11,16,20,22H,10,12,19H2. The summed E-state index contributed by atoms with van der Waals surface area (Å²) in [6.45, 7) is 0.155. The fourth-order valence-corrected chi connectivity index (χ4v) is 3.61. The van der Waals surface area contributed by atoms with Crippen LogP contribution in [0.3, 0.4) is 0 Å². The van der Waals surface area contributed by atoms with Crippen LogP contribution in [0.4, 0.5) is 5.69 Å². The second kappa shape index (κ2) is 7.68. The molecule has 0 fully saturated rings. The Hall–Kier alpha value is -3.04. The minimum Gasteiger partial charge on any atom is -0.493 e. The van der Waals surface area contributed by atoms with Crippen LogP contribution in [0, 0.1) is 0 Å². The van der Waals surface area contributed by atoms with E-state index in [9.17, 15) is 18.3 Å². The molecule has 1 unspecified atom stereocenters. The number of nitrogens with zero attached hydrogens (tertiary/aromatic N) is 1. The van der Waals surface area contributed by atoms with Gasteiger partial charge in [0, 0.05) is 0 Å². The minimum absolute atomic E-state index is 0.155. The van der Waals surface area contributed by atoms with Gasteiger partial charge < -0.3 is 15.6 Å². The average Bonchev–Trinajstić information content (AvgIpc) is 2.93. The molecule has 0 radical (unpaired) electrons.